The van der Waals surface area contributed by atoms with Crippen LogP contribution in [-0.4, -0.2) is 17.5 Å². The summed E-state index contributed by atoms with van der Waals surface area (Å²) < 4.78 is 10.3. The number of nitrogens with two attached hydrogens (primary N) is 1. The molecule has 0 aliphatic rings. The smallest absolute Gasteiger partial charge is 0.258 e. The molecule has 0 aliphatic heterocycles. The molecule has 0 bridgehead atoms. The van der Waals surface area contributed by atoms with E-state index in [1.807, 2.05) is 0 Å². The molecule has 0 radical (unpaired) electrons. The standard InChI is InChI=1S/C14H14N2O3S/c15-14(20)11-3-1-2-4-12(11)19-9-13(17)16-7-10-5-6-18-8-10/h1-6,8H,7,9H2,(H2,15,20)(H,16,17). The second-order valence-electron chi connectivity index (χ2n) is 4.06. The highest BCUT2D eigenvalue weighted by Gasteiger charge is 2.08. The predicted molar refractivity (Wildman–Crippen MR) is 78.4 cm³/mol. The summed E-state index contributed by atoms with van der Waals surface area (Å²) in [7, 11) is 0. The van der Waals surface area contributed by atoms with Gasteiger partial charge in [-0.15, -0.1) is 0 Å². The number of amides is 1. The van der Waals surface area contributed by atoms with Crippen molar-refractivity contribution in [3.63, 3.8) is 0 Å². The Balaban J connectivity index is 1.85. The molecule has 2 aromatic rings. The Bertz CT molecular complexity index is 596. The lowest BCUT2D eigenvalue weighted by molar-refractivity contribution is -0.123. The van der Waals surface area contributed by atoms with E-state index in [0.29, 0.717) is 17.9 Å². The van der Waals surface area contributed by atoms with E-state index in [1.165, 1.54) is 0 Å². The number of benzene rings is 1. The van der Waals surface area contributed by atoms with Crippen LogP contribution in [0.25, 0.3) is 0 Å². The van der Waals surface area contributed by atoms with Gasteiger partial charge in [0.1, 0.15) is 10.7 Å². The van der Waals surface area contributed by atoms with Crippen molar-refractivity contribution in [2.24, 2.45) is 5.73 Å². The zero-order chi connectivity index (χ0) is 14.4. The molecule has 1 aromatic carbocycles. The summed E-state index contributed by atoms with van der Waals surface area (Å²) in [5, 5.41) is 2.72. The largest absolute Gasteiger partial charge is 0.483 e. The summed E-state index contributed by atoms with van der Waals surface area (Å²) in [5.74, 6) is 0.266. The zero-order valence-corrected chi connectivity index (χ0v) is 11.5. The SMILES string of the molecule is NC(=S)c1ccccc1OCC(=O)NCc1ccoc1. The number of thiocarbonyl (C=S) groups is 1. The molecule has 1 heterocycles. The van der Waals surface area contributed by atoms with Crippen LogP contribution in [0.5, 0.6) is 5.75 Å². The Morgan fingerprint density at radius 1 is 1.35 bits per heavy atom. The van der Waals surface area contributed by atoms with E-state index in [-0.39, 0.29) is 17.5 Å². The number of hydrogen-bond donors (Lipinski definition) is 2. The second kappa shape index (κ2) is 6.72. The number of nitrogens with one attached hydrogen (secondary N) is 1. The van der Waals surface area contributed by atoms with Gasteiger partial charge >= 0.3 is 0 Å². The molecule has 0 fully saturated rings. The maximum absolute atomic E-state index is 11.7. The number of carbonyl (C=O) groups is 1. The molecular weight excluding hydrogens is 276 g/mol. The molecule has 1 aromatic heterocycles. The first kappa shape index (κ1) is 14.1. The van der Waals surface area contributed by atoms with Gasteiger partial charge in [0.05, 0.1) is 18.1 Å². The minimum absolute atomic E-state index is 0.0997. The minimum atomic E-state index is -0.232. The maximum atomic E-state index is 11.7. The summed E-state index contributed by atoms with van der Waals surface area (Å²) in [6, 6.07) is 8.85. The fraction of sp³-hybridized carbons (Fsp3) is 0.143. The maximum Gasteiger partial charge on any atom is 0.258 e. The lowest BCUT2D eigenvalue weighted by Crippen LogP contribution is -2.28. The minimum Gasteiger partial charge on any atom is -0.483 e. The molecule has 0 saturated heterocycles. The van der Waals surface area contributed by atoms with Gasteiger partial charge in [0.15, 0.2) is 6.61 Å². The van der Waals surface area contributed by atoms with Gasteiger partial charge in [-0.25, -0.2) is 0 Å². The van der Waals surface area contributed by atoms with Crippen LogP contribution in [0.2, 0.25) is 0 Å². The van der Waals surface area contributed by atoms with Crippen LogP contribution in [0.1, 0.15) is 11.1 Å². The van der Waals surface area contributed by atoms with Crippen molar-refractivity contribution in [2.45, 2.75) is 6.54 Å². The Morgan fingerprint density at radius 3 is 2.85 bits per heavy atom. The molecule has 5 nitrogen and oxygen atoms in total. The normalized spacial score (nSPS) is 10.0. The van der Waals surface area contributed by atoms with Crippen molar-refractivity contribution < 1.29 is 13.9 Å². The summed E-state index contributed by atoms with van der Waals surface area (Å²) in [6.45, 7) is 0.299. The summed E-state index contributed by atoms with van der Waals surface area (Å²) >= 11 is 4.92. The van der Waals surface area contributed by atoms with Crippen molar-refractivity contribution in [1.82, 2.24) is 5.32 Å². The second-order valence-corrected chi connectivity index (χ2v) is 4.50. The monoisotopic (exact) mass is 290 g/mol. The summed E-state index contributed by atoms with van der Waals surface area (Å²) in [5.41, 5.74) is 7.09. The van der Waals surface area contributed by atoms with Crippen molar-refractivity contribution in [1.29, 1.82) is 0 Å². The van der Waals surface area contributed by atoms with Crippen LogP contribution in [-0.2, 0) is 11.3 Å². The highest BCUT2D eigenvalue weighted by Crippen LogP contribution is 2.17. The van der Waals surface area contributed by atoms with Crippen LogP contribution in [0, 0.1) is 0 Å². The molecule has 6 heteroatoms. The lowest BCUT2D eigenvalue weighted by atomic mass is 10.2. The van der Waals surface area contributed by atoms with Crippen LogP contribution in [0.15, 0.2) is 47.3 Å². The highest BCUT2D eigenvalue weighted by molar-refractivity contribution is 7.80. The first-order valence-corrected chi connectivity index (χ1v) is 6.37. The Morgan fingerprint density at radius 2 is 2.15 bits per heavy atom. The summed E-state index contributed by atoms with van der Waals surface area (Å²) in [6.07, 6.45) is 3.12. The van der Waals surface area contributed by atoms with Gasteiger partial charge in [-0.2, -0.15) is 0 Å². The van der Waals surface area contributed by atoms with E-state index >= 15 is 0 Å². The number of ether oxygens (including phenoxy) is 1. The van der Waals surface area contributed by atoms with Gasteiger partial charge in [-0.3, -0.25) is 4.79 Å². The Kier molecular flexibility index (Phi) is 4.73. The molecule has 0 unspecified atom stereocenters. The Labute approximate surface area is 121 Å². The van der Waals surface area contributed by atoms with Gasteiger partial charge in [0.25, 0.3) is 5.91 Å². The van der Waals surface area contributed by atoms with E-state index in [4.69, 9.17) is 27.1 Å². The third kappa shape index (κ3) is 3.83. The average molecular weight is 290 g/mol. The van der Waals surface area contributed by atoms with Crippen molar-refractivity contribution in [3.05, 3.63) is 54.0 Å². The first-order valence-electron chi connectivity index (χ1n) is 5.96. The lowest BCUT2D eigenvalue weighted by Gasteiger charge is -2.10. The number of carbonyl (C=O) groups excluding carboxylic acids is 1. The molecule has 0 aliphatic carbocycles. The fourth-order valence-corrected chi connectivity index (χ4v) is 1.75. The third-order valence-electron chi connectivity index (χ3n) is 2.58. The van der Waals surface area contributed by atoms with E-state index in [0.717, 1.165) is 5.56 Å². The molecule has 2 rings (SSSR count). The van der Waals surface area contributed by atoms with Gasteiger partial charge < -0.3 is 20.2 Å². The predicted octanol–water partition coefficient (Wildman–Crippen LogP) is 1.61. The number of hydrogen-bond acceptors (Lipinski definition) is 4. The van der Waals surface area contributed by atoms with Gasteiger partial charge in [-0.1, -0.05) is 24.4 Å². The molecule has 0 spiro atoms. The molecule has 104 valence electrons. The highest BCUT2D eigenvalue weighted by atomic mass is 32.1. The quantitative estimate of drug-likeness (QED) is 0.790. The number of para-hydroxylation sites is 1. The molecular formula is C14H14N2O3S. The molecule has 1 amide bonds. The van der Waals surface area contributed by atoms with E-state index in [9.17, 15) is 4.79 Å². The third-order valence-corrected chi connectivity index (χ3v) is 2.80. The van der Waals surface area contributed by atoms with Crippen molar-refractivity contribution in [2.75, 3.05) is 6.61 Å². The molecule has 20 heavy (non-hydrogen) atoms. The topological polar surface area (TPSA) is 77.5 Å². The molecule has 3 N–H and O–H groups in total. The summed E-state index contributed by atoms with van der Waals surface area (Å²) in [4.78, 5) is 11.9. The van der Waals surface area contributed by atoms with Crippen molar-refractivity contribution in [3.8, 4) is 5.75 Å². The number of rotatable bonds is 6. The zero-order valence-electron chi connectivity index (χ0n) is 10.7. The van der Waals surface area contributed by atoms with Gasteiger partial charge in [0.2, 0.25) is 0 Å². The van der Waals surface area contributed by atoms with Gasteiger partial charge in [-0.05, 0) is 18.2 Å². The van der Waals surface area contributed by atoms with E-state index in [1.54, 1.807) is 42.9 Å². The molecule has 0 saturated carbocycles. The molecule has 0 atom stereocenters. The fourth-order valence-electron chi connectivity index (χ4n) is 1.58. The van der Waals surface area contributed by atoms with Gasteiger partial charge in [0, 0.05) is 12.1 Å². The van der Waals surface area contributed by atoms with E-state index in [2.05, 4.69) is 5.32 Å². The van der Waals surface area contributed by atoms with Crippen LogP contribution < -0.4 is 15.8 Å². The van der Waals surface area contributed by atoms with Crippen LogP contribution >= 0.6 is 12.2 Å². The van der Waals surface area contributed by atoms with Crippen molar-refractivity contribution >= 4 is 23.1 Å². The average Bonchev–Trinajstić information content (AvgIpc) is 2.96. The Hall–Kier alpha value is -2.34. The van der Waals surface area contributed by atoms with Crippen LogP contribution in [0.3, 0.4) is 0 Å². The van der Waals surface area contributed by atoms with Crippen LogP contribution in [0.4, 0.5) is 0 Å². The van der Waals surface area contributed by atoms with E-state index < -0.39 is 0 Å². The first-order chi connectivity index (χ1) is 9.66. The number of furan rings is 1.